The highest BCUT2D eigenvalue weighted by Gasteiger charge is 2.23. The lowest BCUT2D eigenvalue weighted by Gasteiger charge is -2.31. The molecule has 2 aromatic carbocycles. The number of hydrogen-bond acceptors (Lipinski definition) is 5. The van der Waals surface area contributed by atoms with Gasteiger partial charge in [-0.25, -0.2) is 4.79 Å². The van der Waals surface area contributed by atoms with Gasteiger partial charge in [0, 0.05) is 49.0 Å². The van der Waals surface area contributed by atoms with Crippen molar-refractivity contribution in [2.75, 3.05) is 45.9 Å². The first-order chi connectivity index (χ1) is 18.1. The Hall–Kier alpha value is -3.20. The lowest BCUT2D eigenvalue weighted by molar-refractivity contribution is -0.133. The number of thiophene rings is 1. The second kappa shape index (κ2) is 13.9. The summed E-state index contributed by atoms with van der Waals surface area (Å²) in [6.07, 6.45) is 0. The molecule has 1 aliphatic heterocycles. The fraction of sp³-hybridized carbons (Fsp3) is 0.379. The second-order valence-corrected chi connectivity index (χ2v) is 10.6. The van der Waals surface area contributed by atoms with Crippen LogP contribution in [0.2, 0.25) is 0 Å². The van der Waals surface area contributed by atoms with Gasteiger partial charge in [-0.2, -0.15) is 0 Å². The van der Waals surface area contributed by atoms with Crippen molar-refractivity contribution >= 4 is 23.3 Å². The Labute approximate surface area is 223 Å². The number of rotatable bonds is 11. The number of carbonyl (C=O) groups is 2. The lowest BCUT2D eigenvalue weighted by atomic mass is 10.2. The molecule has 2 heterocycles. The third-order valence-corrected chi connectivity index (χ3v) is 7.39. The molecule has 0 aliphatic carbocycles. The fourth-order valence-electron chi connectivity index (χ4n) is 4.28. The summed E-state index contributed by atoms with van der Waals surface area (Å²) in [5.74, 6) is -0.0632. The normalized spacial score (nSPS) is 13.8. The first kappa shape index (κ1) is 26.9. The van der Waals surface area contributed by atoms with E-state index in [1.54, 1.807) is 16.2 Å². The zero-order chi connectivity index (χ0) is 25.9. The topological polar surface area (TPSA) is 65.1 Å². The van der Waals surface area contributed by atoms with E-state index in [-0.39, 0.29) is 18.5 Å². The number of ether oxygens (including phenoxy) is 1. The van der Waals surface area contributed by atoms with Crippen molar-refractivity contribution in [1.29, 1.82) is 0 Å². The van der Waals surface area contributed by atoms with Crippen molar-refractivity contribution in [2.45, 2.75) is 26.6 Å². The van der Waals surface area contributed by atoms with Crippen LogP contribution in [0.1, 0.15) is 20.9 Å². The van der Waals surface area contributed by atoms with Crippen LogP contribution in [0.15, 0.2) is 72.8 Å². The molecule has 0 saturated carbocycles. The lowest BCUT2D eigenvalue weighted by Crippen LogP contribution is -2.49. The van der Waals surface area contributed by atoms with Crippen LogP contribution in [-0.4, -0.2) is 72.6 Å². The highest BCUT2D eigenvalue weighted by Crippen LogP contribution is 2.19. The van der Waals surface area contributed by atoms with Gasteiger partial charge in [-0.15, -0.1) is 11.3 Å². The van der Waals surface area contributed by atoms with Crippen LogP contribution < -0.4 is 5.32 Å². The molecule has 1 fully saturated rings. The number of hydrogen-bond donors (Lipinski definition) is 1. The van der Waals surface area contributed by atoms with Crippen molar-refractivity contribution in [3.8, 4) is 0 Å². The van der Waals surface area contributed by atoms with Crippen LogP contribution in [0.5, 0.6) is 0 Å². The zero-order valence-corrected chi connectivity index (χ0v) is 22.3. The average molecular weight is 521 g/mol. The van der Waals surface area contributed by atoms with Crippen molar-refractivity contribution in [2.24, 2.45) is 0 Å². The van der Waals surface area contributed by atoms with E-state index in [1.807, 2.05) is 65.6 Å². The summed E-state index contributed by atoms with van der Waals surface area (Å²) in [7, 11) is 0. The fourth-order valence-corrected chi connectivity index (χ4v) is 5.19. The summed E-state index contributed by atoms with van der Waals surface area (Å²) in [5.41, 5.74) is 2.09. The molecule has 3 amide bonds. The van der Waals surface area contributed by atoms with Gasteiger partial charge in [0.25, 0.3) is 0 Å². The minimum Gasteiger partial charge on any atom is -0.379 e. The highest BCUT2D eigenvalue weighted by molar-refractivity contribution is 7.11. The van der Waals surface area contributed by atoms with Gasteiger partial charge >= 0.3 is 6.03 Å². The molecule has 0 spiro atoms. The second-order valence-electron chi connectivity index (χ2n) is 9.27. The molecule has 1 aliphatic rings. The SMILES string of the molecule is Cc1ccc(CN(Cc2ccccc2)C(=O)CN(CCN2CCOCC2)C(=O)NCc2ccccc2)s1. The average Bonchev–Trinajstić information content (AvgIpc) is 3.35. The Balaban J connectivity index is 1.45. The van der Waals surface area contributed by atoms with E-state index in [9.17, 15) is 9.59 Å². The molecule has 7 nitrogen and oxygen atoms in total. The molecule has 3 aromatic rings. The summed E-state index contributed by atoms with van der Waals surface area (Å²) >= 11 is 1.70. The molecule has 1 aromatic heterocycles. The van der Waals surface area contributed by atoms with Crippen molar-refractivity contribution in [3.63, 3.8) is 0 Å². The van der Waals surface area contributed by atoms with Crippen LogP contribution in [0, 0.1) is 6.92 Å². The Morgan fingerprint density at radius 3 is 2.22 bits per heavy atom. The van der Waals surface area contributed by atoms with Gasteiger partial charge in [0.15, 0.2) is 0 Å². The molecule has 0 radical (unpaired) electrons. The molecule has 0 atom stereocenters. The predicted octanol–water partition coefficient (Wildman–Crippen LogP) is 4.13. The number of carbonyl (C=O) groups excluding carboxylic acids is 2. The largest absolute Gasteiger partial charge is 0.379 e. The van der Waals surface area contributed by atoms with E-state index >= 15 is 0 Å². The molecule has 8 heteroatoms. The van der Waals surface area contributed by atoms with E-state index in [4.69, 9.17) is 4.74 Å². The number of amides is 3. The van der Waals surface area contributed by atoms with E-state index in [0.717, 1.165) is 29.1 Å². The van der Waals surface area contributed by atoms with Gasteiger partial charge in [-0.05, 0) is 30.2 Å². The maximum atomic E-state index is 13.7. The van der Waals surface area contributed by atoms with E-state index < -0.39 is 0 Å². The molecule has 1 N–H and O–H groups in total. The molecule has 37 heavy (non-hydrogen) atoms. The number of nitrogens with one attached hydrogen (secondary N) is 1. The van der Waals surface area contributed by atoms with Crippen LogP contribution >= 0.6 is 11.3 Å². The van der Waals surface area contributed by atoms with Crippen molar-refractivity contribution in [1.82, 2.24) is 20.0 Å². The molecular weight excluding hydrogens is 484 g/mol. The highest BCUT2D eigenvalue weighted by atomic mass is 32.1. The smallest absolute Gasteiger partial charge is 0.318 e. The third-order valence-electron chi connectivity index (χ3n) is 6.40. The number of morpholine rings is 1. The Kier molecular flexibility index (Phi) is 10.1. The zero-order valence-electron chi connectivity index (χ0n) is 21.5. The predicted molar refractivity (Wildman–Crippen MR) is 147 cm³/mol. The molecule has 196 valence electrons. The first-order valence-electron chi connectivity index (χ1n) is 12.8. The quantitative estimate of drug-likeness (QED) is 0.413. The Bertz CT molecular complexity index is 1120. The Morgan fingerprint density at radius 1 is 0.892 bits per heavy atom. The maximum absolute atomic E-state index is 13.7. The number of nitrogens with zero attached hydrogens (tertiary/aromatic N) is 3. The molecule has 0 unspecified atom stereocenters. The minimum atomic E-state index is -0.225. The number of urea groups is 1. The number of benzene rings is 2. The standard InChI is InChI=1S/C29H36N4O3S/c1-24-12-13-27(37-24)22-33(21-26-10-6-3-7-11-26)28(34)23-32(15-14-31-16-18-36-19-17-31)29(35)30-20-25-8-4-2-5-9-25/h2-13H,14-23H2,1H3,(H,30,35). The van der Waals surface area contributed by atoms with E-state index in [0.29, 0.717) is 45.9 Å². The Morgan fingerprint density at radius 2 is 1.57 bits per heavy atom. The van der Waals surface area contributed by atoms with Crippen LogP contribution in [0.25, 0.3) is 0 Å². The summed E-state index contributed by atoms with van der Waals surface area (Å²) in [6.45, 7) is 7.80. The molecule has 1 saturated heterocycles. The monoisotopic (exact) mass is 520 g/mol. The third kappa shape index (κ3) is 8.70. The summed E-state index contributed by atoms with van der Waals surface area (Å²) in [4.78, 5) is 35.1. The summed E-state index contributed by atoms with van der Waals surface area (Å²) < 4.78 is 5.46. The van der Waals surface area contributed by atoms with Gasteiger partial charge < -0.3 is 19.9 Å². The van der Waals surface area contributed by atoms with Crippen molar-refractivity contribution < 1.29 is 14.3 Å². The molecular formula is C29H36N4O3S. The maximum Gasteiger partial charge on any atom is 0.318 e. The van der Waals surface area contributed by atoms with Crippen molar-refractivity contribution in [3.05, 3.63) is 93.7 Å². The summed E-state index contributed by atoms with van der Waals surface area (Å²) in [6, 6.07) is 23.8. The van der Waals surface area contributed by atoms with Gasteiger partial charge in [0.1, 0.15) is 6.54 Å². The van der Waals surface area contributed by atoms with E-state index in [1.165, 1.54) is 4.88 Å². The number of aryl methyl sites for hydroxylation is 1. The van der Waals surface area contributed by atoms with Crippen LogP contribution in [0.4, 0.5) is 4.79 Å². The summed E-state index contributed by atoms with van der Waals surface area (Å²) in [5, 5.41) is 3.01. The van der Waals surface area contributed by atoms with Crippen LogP contribution in [0.3, 0.4) is 0 Å². The van der Waals surface area contributed by atoms with Gasteiger partial charge in [0.05, 0.1) is 19.8 Å². The minimum absolute atomic E-state index is 0.0299. The van der Waals surface area contributed by atoms with Gasteiger partial charge in [-0.3, -0.25) is 9.69 Å². The van der Waals surface area contributed by atoms with Crippen LogP contribution in [-0.2, 0) is 29.2 Å². The molecule has 4 rings (SSSR count). The van der Waals surface area contributed by atoms with Gasteiger partial charge in [-0.1, -0.05) is 60.7 Å². The van der Waals surface area contributed by atoms with E-state index in [2.05, 4.69) is 29.3 Å². The van der Waals surface area contributed by atoms with Gasteiger partial charge in [0.2, 0.25) is 5.91 Å². The molecule has 0 bridgehead atoms. The first-order valence-corrected chi connectivity index (χ1v) is 13.6.